The van der Waals surface area contributed by atoms with Crippen LogP contribution >= 0.6 is 0 Å². The first kappa shape index (κ1) is 20.9. The molecule has 1 saturated heterocycles. The highest BCUT2D eigenvalue weighted by atomic mass is 16.5. The maximum atomic E-state index is 13.0. The van der Waals surface area contributed by atoms with Crippen LogP contribution in [0.2, 0.25) is 0 Å². The average molecular weight is 402 g/mol. The van der Waals surface area contributed by atoms with Crippen molar-refractivity contribution in [1.29, 1.82) is 0 Å². The zero-order valence-electron chi connectivity index (χ0n) is 16.8. The number of anilines is 1. The zero-order chi connectivity index (χ0) is 20.8. The van der Waals surface area contributed by atoms with E-state index >= 15 is 0 Å². The molecule has 8 heteroatoms. The SMILES string of the molecule is COC(=O)C1=C(C(=O)OC)N(c2cccc(C(=O)N3CCCCCC3)c2)COC1. The number of methoxy groups -OCH3 is 2. The van der Waals surface area contributed by atoms with Gasteiger partial charge in [0.05, 0.1) is 26.4 Å². The topological polar surface area (TPSA) is 85.4 Å². The van der Waals surface area contributed by atoms with Crippen molar-refractivity contribution in [3.05, 3.63) is 41.1 Å². The number of esters is 2. The minimum Gasteiger partial charge on any atom is -0.466 e. The summed E-state index contributed by atoms with van der Waals surface area (Å²) < 4.78 is 15.2. The second kappa shape index (κ2) is 9.56. The minimum atomic E-state index is -0.669. The molecule has 2 aliphatic rings. The molecule has 0 atom stereocenters. The molecular weight excluding hydrogens is 376 g/mol. The first-order valence-electron chi connectivity index (χ1n) is 9.71. The Labute approximate surface area is 170 Å². The first-order chi connectivity index (χ1) is 14.1. The van der Waals surface area contributed by atoms with Gasteiger partial charge in [-0.15, -0.1) is 0 Å². The van der Waals surface area contributed by atoms with E-state index in [9.17, 15) is 14.4 Å². The Kier molecular flexibility index (Phi) is 6.87. The predicted octanol–water partition coefficient (Wildman–Crippen LogP) is 2.10. The summed E-state index contributed by atoms with van der Waals surface area (Å²) in [5, 5.41) is 0. The lowest BCUT2D eigenvalue weighted by molar-refractivity contribution is -0.140. The molecule has 29 heavy (non-hydrogen) atoms. The molecule has 156 valence electrons. The van der Waals surface area contributed by atoms with Crippen molar-refractivity contribution in [3.63, 3.8) is 0 Å². The Hall–Kier alpha value is -2.87. The lowest BCUT2D eigenvalue weighted by Gasteiger charge is -2.31. The largest absolute Gasteiger partial charge is 0.466 e. The van der Waals surface area contributed by atoms with E-state index in [0.29, 0.717) is 11.3 Å². The average Bonchev–Trinajstić information content (AvgIpc) is 3.06. The van der Waals surface area contributed by atoms with Crippen LogP contribution in [0.15, 0.2) is 35.5 Å². The van der Waals surface area contributed by atoms with Crippen LogP contribution in [-0.2, 0) is 23.8 Å². The van der Waals surface area contributed by atoms with E-state index in [1.165, 1.54) is 19.1 Å². The molecule has 2 aliphatic heterocycles. The Morgan fingerprint density at radius 2 is 1.66 bits per heavy atom. The third-order valence-corrected chi connectivity index (χ3v) is 5.13. The fourth-order valence-corrected chi connectivity index (χ4v) is 3.61. The molecule has 0 saturated carbocycles. The normalized spacial score (nSPS) is 17.6. The van der Waals surface area contributed by atoms with Gasteiger partial charge in [0.2, 0.25) is 0 Å². The predicted molar refractivity (Wildman–Crippen MR) is 105 cm³/mol. The molecule has 0 spiro atoms. The van der Waals surface area contributed by atoms with E-state index in [1.807, 2.05) is 4.90 Å². The fourth-order valence-electron chi connectivity index (χ4n) is 3.61. The molecule has 0 aliphatic carbocycles. The molecule has 0 N–H and O–H groups in total. The van der Waals surface area contributed by atoms with Crippen molar-refractivity contribution >= 4 is 23.5 Å². The molecule has 1 aromatic rings. The number of hydrogen-bond acceptors (Lipinski definition) is 7. The highest BCUT2D eigenvalue weighted by Crippen LogP contribution is 2.28. The minimum absolute atomic E-state index is 0.0385. The number of rotatable bonds is 4. The summed E-state index contributed by atoms with van der Waals surface area (Å²) in [6.07, 6.45) is 4.28. The van der Waals surface area contributed by atoms with E-state index < -0.39 is 11.9 Å². The van der Waals surface area contributed by atoms with Crippen LogP contribution in [-0.4, -0.2) is 63.4 Å². The van der Waals surface area contributed by atoms with Crippen molar-refractivity contribution in [3.8, 4) is 0 Å². The lowest BCUT2D eigenvalue weighted by atomic mass is 10.1. The van der Waals surface area contributed by atoms with Crippen molar-refractivity contribution in [2.45, 2.75) is 25.7 Å². The second-order valence-corrected chi connectivity index (χ2v) is 6.97. The monoisotopic (exact) mass is 402 g/mol. The van der Waals surface area contributed by atoms with E-state index in [0.717, 1.165) is 38.8 Å². The van der Waals surface area contributed by atoms with Crippen molar-refractivity contribution in [2.75, 3.05) is 45.5 Å². The van der Waals surface area contributed by atoms with Crippen molar-refractivity contribution < 1.29 is 28.6 Å². The molecule has 0 unspecified atom stereocenters. The Bertz CT molecular complexity index is 811. The summed E-state index contributed by atoms with van der Waals surface area (Å²) in [6.45, 7) is 1.48. The summed E-state index contributed by atoms with van der Waals surface area (Å²) in [4.78, 5) is 40.9. The third-order valence-electron chi connectivity index (χ3n) is 5.13. The molecular formula is C21H26N2O6. The molecule has 0 radical (unpaired) electrons. The number of hydrogen-bond donors (Lipinski definition) is 0. The number of carbonyl (C=O) groups excluding carboxylic acids is 3. The molecule has 0 aromatic heterocycles. The molecule has 1 amide bonds. The maximum Gasteiger partial charge on any atom is 0.355 e. The van der Waals surface area contributed by atoms with Crippen LogP contribution in [0.5, 0.6) is 0 Å². The number of nitrogens with zero attached hydrogens (tertiary/aromatic N) is 2. The van der Waals surface area contributed by atoms with Gasteiger partial charge in [-0.3, -0.25) is 4.79 Å². The summed E-state index contributed by atoms with van der Waals surface area (Å²) in [6, 6.07) is 6.97. The van der Waals surface area contributed by atoms with Crippen LogP contribution in [0.25, 0.3) is 0 Å². The van der Waals surface area contributed by atoms with Gasteiger partial charge in [0.1, 0.15) is 12.4 Å². The van der Waals surface area contributed by atoms with Crippen LogP contribution < -0.4 is 4.90 Å². The van der Waals surface area contributed by atoms with Gasteiger partial charge in [-0.2, -0.15) is 0 Å². The molecule has 3 rings (SSSR count). The smallest absolute Gasteiger partial charge is 0.355 e. The van der Waals surface area contributed by atoms with Crippen molar-refractivity contribution in [1.82, 2.24) is 4.90 Å². The Morgan fingerprint density at radius 1 is 0.966 bits per heavy atom. The van der Waals surface area contributed by atoms with E-state index in [4.69, 9.17) is 14.2 Å². The number of amides is 1. The lowest BCUT2D eigenvalue weighted by Crippen LogP contribution is -2.39. The highest BCUT2D eigenvalue weighted by Gasteiger charge is 2.32. The summed E-state index contributed by atoms with van der Waals surface area (Å²) >= 11 is 0. The van der Waals surface area contributed by atoms with Crippen molar-refractivity contribution in [2.24, 2.45) is 0 Å². The van der Waals surface area contributed by atoms with Crippen LogP contribution in [0.4, 0.5) is 5.69 Å². The van der Waals surface area contributed by atoms with Gasteiger partial charge in [0.15, 0.2) is 0 Å². The number of benzene rings is 1. The first-order valence-corrected chi connectivity index (χ1v) is 9.71. The molecule has 0 bridgehead atoms. The standard InChI is InChI=1S/C21H26N2O6/c1-27-20(25)17-13-29-14-23(18(17)21(26)28-2)16-9-7-8-15(12-16)19(24)22-10-5-3-4-6-11-22/h7-9,12H,3-6,10-11,13-14H2,1-2H3. The molecule has 8 nitrogen and oxygen atoms in total. The van der Waals surface area contributed by atoms with Crippen LogP contribution in [0.1, 0.15) is 36.0 Å². The van der Waals surface area contributed by atoms with E-state index in [1.54, 1.807) is 24.3 Å². The van der Waals surface area contributed by atoms with Gasteiger partial charge in [-0.1, -0.05) is 18.9 Å². The van der Waals surface area contributed by atoms with Crippen LogP contribution in [0.3, 0.4) is 0 Å². The third kappa shape index (κ3) is 4.59. The highest BCUT2D eigenvalue weighted by molar-refractivity contribution is 6.03. The van der Waals surface area contributed by atoms with E-state index in [2.05, 4.69) is 0 Å². The Balaban J connectivity index is 1.94. The second-order valence-electron chi connectivity index (χ2n) is 6.97. The molecule has 1 fully saturated rings. The van der Waals surface area contributed by atoms with Gasteiger partial charge in [0.25, 0.3) is 5.91 Å². The zero-order valence-corrected chi connectivity index (χ0v) is 16.8. The summed E-state index contributed by atoms with van der Waals surface area (Å²) in [5.41, 5.74) is 1.23. The molecule has 2 heterocycles. The molecule has 1 aromatic carbocycles. The van der Waals surface area contributed by atoms with Gasteiger partial charge in [0, 0.05) is 24.3 Å². The van der Waals surface area contributed by atoms with E-state index in [-0.39, 0.29) is 30.5 Å². The van der Waals surface area contributed by atoms with Gasteiger partial charge in [-0.05, 0) is 31.0 Å². The van der Waals surface area contributed by atoms with Gasteiger partial charge in [-0.25, -0.2) is 9.59 Å². The van der Waals surface area contributed by atoms with Gasteiger partial charge >= 0.3 is 11.9 Å². The number of ether oxygens (including phenoxy) is 3. The van der Waals surface area contributed by atoms with Crippen LogP contribution in [0, 0.1) is 0 Å². The fraction of sp³-hybridized carbons (Fsp3) is 0.476. The maximum absolute atomic E-state index is 13.0. The number of carbonyl (C=O) groups is 3. The quantitative estimate of drug-likeness (QED) is 0.713. The summed E-state index contributed by atoms with van der Waals surface area (Å²) in [5.74, 6) is -1.37. The number of likely N-dealkylation sites (tertiary alicyclic amines) is 1. The Morgan fingerprint density at radius 3 is 2.31 bits per heavy atom. The van der Waals surface area contributed by atoms with Gasteiger partial charge < -0.3 is 24.0 Å². The summed E-state index contributed by atoms with van der Waals surface area (Å²) in [7, 11) is 2.49.